The third kappa shape index (κ3) is 6.31. The minimum Gasteiger partial charge on any atom is -0.356 e. The van der Waals surface area contributed by atoms with E-state index in [0.29, 0.717) is 17.1 Å². The number of rotatable bonds is 4. The van der Waals surface area contributed by atoms with Crippen LogP contribution in [0, 0.1) is 5.82 Å². The maximum absolute atomic E-state index is 13.6. The molecule has 8 heteroatoms. The molecule has 5 nitrogen and oxygen atoms in total. The Balaban J connectivity index is 0.00000261. The summed E-state index contributed by atoms with van der Waals surface area (Å²) in [6.07, 6.45) is 3.87. The van der Waals surface area contributed by atoms with Gasteiger partial charge in [0, 0.05) is 38.9 Å². The lowest BCUT2D eigenvalue weighted by Crippen LogP contribution is -2.48. The molecule has 1 aliphatic heterocycles. The van der Waals surface area contributed by atoms with Crippen LogP contribution in [0.1, 0.15) is 18.4 Å². The van der Waals surface area contributed by atoms with Gasteiger partial charge in [0.05, 0.1) is 4.47 Å². The maximum atomic E-state index is 13.6. The molecule has 0 radical (unpaired) electrons. The SMILES string of the molecule is CN=C(NCc1ccc(Br)c(F)c1)NC1CCN(c2ccccn2)CC1.I. The van der Waals surface area contributed by atoms with E-state index in [-0.39, 0.29) is 29.8 Å². The molecule has 0 bridgehead atoms. The van der Waals surface area contributed by atoms with Crippen molar-refractivity contribution < 1.29 is 4.39 Å². The second kappa shape index (κ2) is 10.8. The first kappa shape index (κ1) is 21.9. The molecule has 3 rings (SSSR count). The van der Waals surface area contributed by atoms with Crippen LogP contribution in [-0.2, 0) is 6.54 Å². The molecule has 27 heavy (non-hydrogen) atoms. The van der Waals surface area contributed by atoms with Gasteiger partial charge >= 0.3 is 0 Å². The summed E-state index contributed by atoms with van der Waals surface area (Å²) in [5.74, 6) is 1.52. The number of hydrogen-bond acceptors (Lipinski definition) is 3. The lowest BCUT2D eigenvalue weighted by atomic mass is 10.1. The minimum absolute atomic E-state index is 0. The van der Waals surface area contributed by atoms with Crippen LogP contribution in [0.5, 0.6) is 0 Å². The molecule has 0 unspecified atom stereocenters. The van der Waals surface area contributed by atoms with E-state index in [1.807, 2.05) is 30.5 Å². The van der Waals surface area contributed by atoms with Crippen LogP contribution in [0.3, 0.4) is 0 Å². The summed E-state index contributed by atoms with van der Waals surface area (Å²) in [6.45, 7) is 2.45. The smallest absolute Gasteiger partial charge is 0.191 e. The fraction of sp³-hybridized carbons (Fsp3) is 0.368. The molecular formula is C19H24BrFIN5. The molecule has 1 aromatic carbocycles. The molecule has 2 N–H and O–H groups in total. The molecule has 0 saturated carbocycles. The second-order valence-electron chi connectivity index (χ2n) is 6.27. The van der Waals surface area contributed by atoms with Crippen LogP contribution in [-0.4, -0.2) is 37.1 Å². The quantitative estimate of drug-likeness (QED) is 0.346. The molecule has 146 valence electrons. The Hall–Kier alpha value is -1.42. The van der Waals surface area contributed by atoms with Crippen LogP contribution in [0.4, 0.5) is 10.2 Å². The van der Waals surface area contributed by atoms with Crippen molar-refractivity contribution in [2.45, 2.75) is 25.4 Å². The zero-order valence-electron chi connectivity index (χ0n) is 15.2. The van der Waals surface area contributed by atoms with Crippen LogP contribution >= 0.6 is 39.9 Å². The van der Waals surface area contributed by atoms with Crippen molar-refractivity contribution in [2.24, 2.45) is 4.99 Å². The molecule has 0 aliphatic carbocycles. The zero-order chi connectivity index (χ0) is 18.4. The van der Waals surface area contributed by atoms with Gasteiger partial charge in [-0.2, -0.15) is 0 Å². The minimum atomic E-state index is -0.255. The number of nitrogens with zero attached hydrogens (tertiary/aromatic N) is 3. The number of anilines is 1. The van der Waals surface area contributed by atoms with Crippen LogP contribution < -0.4 is 15.5 Å². The highest BCUT2D eigenvalue weighted by molar-refractivity contribution is 14.0. The highest BCUT2D eigenvalue weighted by Gasteiger charge is 2.20. The van der Waals surface area contributed by atoms with Gasteiger partial charge in [0.1, 0.15) is 11.6 Å². The Morgan fingerprint density at radius 2 is 2.07 bits per heavy atom. The normalized spacial score (nSPS) is 15.2. The Kier molecular flexibility index (Phi) is 8.75. The van der Waals surface area contributed by atoms with E-state index in [1.165, 1.54) is 6.07 Å². The highest BCUT2D eigenvalue weighted by atomic mass is 127. The fourth-order valence-corrected chi connectivity index (χ4v) is 3.26. The topological polar surface area (TPSA) is 52.6 Å². The number of aliphatic imine (C=N–C) groups is 1. The average molecular weight is 548 g/mol. The van der Waals surface area contributed by atoms with Crippen molar-refractivity contribution in [1.29, 1.82) is 0 Å². The number of nitrogens with one attached hydrogen (secondary N) is 2. The third-order valence-electron chi connectivity index (χ3n) is 4.48. The third-order valence-corrected chi connectivity index (χ3v) is 5.12. The van der Waals surface area contributed by atoms with Gasteiger partial charge in [-0.15, -0.1) is 24.0 Å². The van der Waals surface area contributed by atoms with Gasteiger partial charge in [-0.1, -0.05) is 12.1 Å². The van der Waals surface area contributed by atoms with Gasteiger partial charge in [-0.05, 0) is 58.6 Å². The average Bonchev–Trinajstić information content (AvgIpc) is 2.69. The van der Waals surface area contributed by atoms with Crippen LogP contribution in [0.15, 0.2) is 52.1 Å². The number of piperidine rings is 1. The van der Waals surface area contributed by atoms with Gasteiger partial charge < -0.3 is 15.5 Å². The summed E-state index contributed by atoms with van der Waals surface area (Å²) in [4.78, 5) is 11.0. The van der Waals surface area contributed by atoms with Crippen molar-refractivity contribution in [3.63, 3.8) is 0 Å². The molecule has 2 heterocycles. The van der Waals surface area contributed by atoms with Crippen molar-refractivity contribution in [3.8, 4) is 0 Å². The van der Waals surface area contributed by atoms with Gasteiger partial charge in [0.25, 0.3) is 0 Å². The summed E-state index contributed by atoms with van der Waals surface area (Å²) in [5.41, 5.74) is 0.874. The van der Waals surface area contributed by atoms with Crippen LogP contribution in [0.2, 0.25) is 0 Å². The van der Waals surface area contributed by atoms with Crippen molar-refractivity contribution >= 4 is 51.7 Å². The van der Waals surface area contributed by atoms with E-state index in [4.69, 9.17) is 0 Å². The van der Waals surface area contributed by atoms with Crippen LogP contribution in [0.25, 0.3) is 0 Å². The van der Waals surface area contributed by atoms with E-state index in [2.05, 4.69) is 41.4 Å². The number of benzene rings is 1. The largest absolute Gasteiger partial charge is 0.356 e. The lowest BCUT2D eigenvalue weighted by molar-refractivity contribution is 0.459. The van der Waals surface area contributed by atoms with Gasteiger partial charge in [0.2, 0.25) is 0 Å². The lowest BCUT2D eigenvalue weighted by Gasteiger charge is -2.33. The maximum Gasteiger partial charge on any atom is 0.191 e. The first-order valence-corrected chi connectivity index (χ1v) is 9.52. The van der Waals surface area contributed by atoms with Crippen molar-refractivity contribution in [3.05, 3.63) is 58.4 Å². The fourth-order valence-electron chi connectivity index (χ4n) is 3.02. The number of hydrogen-bond donors (Lipinski definition) is 2. The van der Waals surface area contributed by atoms with E-state index in [1.54, 1.807) is 13.1 Å². The number of guanidine groups is 1. The Bertz CT molecular complexity index is 751. The van der Waals surface area contributed by atoms with E-state index < -0.39 is 0 Å². The number of aromatic nitrogens is 1. The molecule has 0 spiro atoms. The molecule has 1 aliphatic rings. The molecule has 0 amide bonds. The molecule has 1 saturated heterocycles. The summed E-state index contributed by atoms with van der Waals surface area (Å²) in [7, 11) is 1.75. The molecular weight excluding hydrogens is 524 g/mol. The second-order valence-corrected chi connectivity index (χ2v) is 7.12. The van der Waals surface area contributed by atoms with Crippen molar-refractivity contribution in [1.82, 2.24) is 15.6 Å². The Morgan fingerprint density at radius 1 is 1.30 bits per heavy atom. The first-order chi connectivity index (χ1) is 12.7. The standard InChI is InChI=1S/C19H23BrFN5.HI/c1-22-19(24-13-14-5-6-16(20)17(21)12-14)25-15-7-10-26(11-8-15)18-4-2-3-9-23-18;/h2-6,9,12,15H,7-8,10-11,13H2,1H3,(H2,22,24,25);1H. The molecule has 1 aromatic heterocycles. The van der Waals surface area contributed by atoms with E-state index >= 15 is 0 Å². The highest BCUT2D eigenvalue weighted by Crippen LogP contribution is 2.18. The number of halogens is 3. The summed E-state index contributed by atoms with van der Waals surface area (Å²) in [6, 6.07) is 11.5. The summed E-state index contributed by atoms with van der Waals surface area (Å²) in [5, 5.41) is 6.72. The Morgan fingerprint density at radius 3 is 2.70 bits per heavy atom. The molecule has 1 fully saturated rings. The zero-order valence-corrected chi connectivity index (χ0v) is 19.1. The monoisotopic (exact) mass is 547 g/mol. The van der Waals surface area contributed by atoms with E-state index in [9.17, 15) is 4.39 Å². The van der Waals surface area contributed by atoms with Gasteiger partial charge in [-0.3, -0.25) is 4.99 Å². The summed E-state index contributed by atoms with van der Waals surface area (Å²) >= 11 is 3.17. The van der Waals surface area contributed by atoms with E-state index in [0.717, 1.165) is 43.3 Å². The molecule has 0 atom stereocenters. The predicted octanol–water partition coefficient (Wildman–Crippen LogP) is 3.94. The van der Waals surface area contributed by atoms with Crippen molar-refractivity contribution in [2.75, 3.05) is 25.0 Å². The Labute approximate surface area is 185 Å². The summed E-state index contributed by atoms with van der Waals surface area (Å²) < 4.78 is 14.1. The first-order valence-electron chi connectivity index (χ1n) is 8.73. The predicted molar refractivity (Wildman–Crippen MR) is 122 cm³/mol. The number of pyridine rings is 1. The molecule has 2 aromatic rings. The van der Waals surface area contributed by atoms with Gasteiger partial charge in [-0.25, -0.2) is 9.37 Å². The van der Waals surface area contributed by atoms with Gasteiger partial charge in [0.15, 0.2) is 5.96 Å².